The number of amides is 4. The van der Waals surface area contributed by atoms with Gasteiger partial charge in [-0.15, -0.1) is 11.3 Å². The van der Waals surface area contributed by atoms with Gasteiger partial charge in [-0.05, 0) is 54.2 Å². The van der Waals surface area contributed by atoms with Crippen LogP contribution >= 0.6 is 11.3 Å². The Kier molecular flexibility index (Phi) is 11.0. The van der Waals surface area contributed by atoms with Crippen LogP contribution in [0.5, 0.6) is 0 Å². The summed E-state index contributed by atoms with van der Waals surface area (Å²) < 4.78 is 11.5. The summed E-state index contributed by atoms with van der Waals surface area (Å²) in [4.78, 5) is 68.8. The van der Waals surface area contributed by atoms with Crippen molar-refractivity contribution in [2.45, 2.75) is 45.7 Å². The fourth-order valence-corrected chi connectivity index (χ4v) is 8.58. The number of fused-ring (bicyclic) bond motifs is 4. The standard InChI is InChI=1S/C40H44N8O6S/c1-5-14-47(35(49)20-42-39(51)53-3)22-34-41-19-31(44-34)26-8-11-28-27-10-7-25(17-32(27)55-33(28)18-26)24-9-12-29-30(16-24)46-38(45-29)37-23(6-2)13-15-48(37)36(50)21-43-40(52)54-4/h7-12,16-19,23,37H,5-6,13-15,20-22H2,1-4H3,(H,41,44)(H,42,51)(H,43,52)(H,45,46)/t23-,37+/m1/s1. The maximum absolute atomic E-state index is 13.1. The smallest absolute Gasteiger partial charge is 0.407 e. The van der Waals surface area contributed by atoms with Gasteiger partial charge in [-0.2, -0.15) is 0 Å². The van der Waals surface area contributed by atoms with Crippen molar-refractivity contribution in [1.29, 1.82) is 0 Å². The van der Waals surface area contributed by atoms with E-state index in [-0.39, 0.29) is 36.9 Å². The molecule has 1 fully saturated rings. The zero-order chi connectivity index (χ0) is 38.6. The Hall–Kier alpha value is -5.96. The van der Waals surface area contributed by atoms with Crippen molar-refractivity contribution in [2.24, 2.45) is 5.92 Å². The van der Waals surface area contributed by atoms with Gasteiger partial charge >= 0.3 is 12.2 Å². The predicted molar refractivity (Wildman–Crippen MR) is 211 cm³/mol. The normalized spacial score (nSPS) is 15.5. The van der Waals surface area contributed by atoms with E-state index in [1.807, 2.05) is 17.9 Å². The minimum Gasteiger partial charge on any atom is -0.453 e. The minimum atomic E-state index is -0.648. The molecule has 0 saturated carbocycles. The fourth-order valence-electron chi connectivity index (χ4n) is 7.39. The van der Waals surface area contributed by atoms with E-state index in [2.05, 4.69) is 90.5 Å². The SMILES string of the molecule is CCCN(Cc1ncc(-c2ccc3c(c2)sc2cc(-c4ccc5nc([C@@H]6[C@H](CC)CCN6C(=O)CNC(=O)OC)[nH]c5c4)ccc23)[nH]1)C(=O)CNC(=O)OC. The number of hydrogen-bond donors (Lipinski definition) is 4. The summed E-state index contributed by atoms with van der Waals surface area (Å²) in [6.07, 6.45) is 3.04. The first-order chi connectivity index (χ1) is 26.7. The number of thiophene rings is 1. The molecule has 4 heterocycles. The van der Waals surface area contributed by atoms with Gasteiger partial charge in [0.05, 0.1) is 49.7 Å². The van der Waals surface area contributed by atoms with Gasteiger partial charge in [-0.1, -0.05) is 50.6 Å². The molecule has 1 aliphatic rings. The molecule has 1 saturated heterocycles. The zero-order valence-corrected chi connectivity index (χ0v) is 32.0. The van der Waals surface area contributed by atoms with Crippen molar-refractivity contribution in [1.82, 2.24) is 40.4 Å². The van der Waals surface area contributed by atoms with Crippen molar-refractivity contribution in [3.63, 3.8) is 0 Å². The number of carbonyl (C=O) groups is 4. The monoisotopic (exact) mass is 764 g/mol. The highest BCUT2D eigenvalue weighted by Gasteiger charge is 2.39. The number of imidazole rings is 2. The van der Waals surface area contributed by atoms with Crippen LogP contribution in [0.25, 0.3) is 53.6 Å². The van der Waals surface area contributed by atoms with Crippen molar-refractivity contribution in [3.05, 3.63) is 72.4 Å². The Morgan fingerprint density at radius 2 is 1.56 bits per heavy atom. The highest BCUT2D eigenvalue weighted by atomic mass is 32.1. The maximum Gasteiger partial charge on any atom is 0.407 e. The van der Waals surface area contributed by atoms with E-state index < -0.39 is 12.2 Å². The van der Waals surface area contributed by atoms with Crippen LogP contribution in [0.1, 0.15) is 50.8 Å². The molecule has 0 aliphatic carbocycles. The number of aromatic amines is 2. The molecule has 0 unspecified atom stereocenters. The van der Waals surface area contributed by atoms with Gasteiger partial charge in [-0.25, -0.2) is 19.6 Å². The van der Waals surface area contributed by atoms with E-state index in [4.69, 9.17) is 4.98 Å². The number of hydrogen-bond acceptors (Lipinski definition) is 9. The molecule has 3 aromatic heterocycles. The third-order valence-electron chi connectivity index (χ3n) is 10.2. The van der Waals surface area contributed by atoms with E-state index in [0.29, 0.717) is 25.5 Å². The Morgan fingerprint density at radius 3 is 2.27 bits per heavy atom. The lowest BCUT2D eigenvalue weighted by Crippen LogP contribution is -2.40. The summed E-state index contributed by atoms with van der Waals surface area (Å²) in [5, 5.41) is 7.31. The van der Waals surface area contributed by atoms with Gasteiger partial charge in [0.2, 0.25) is 11.8 Å². The number of carbonyl (C=O) groups excluding carboxylic acids is 4. The number of nitrogens with zero attached hydrogens (tertiary/aromatic N) is 4. The number of ether oxygens (including phenoxy) is 2. The maximum atomic E-state index is 13.1. The van der Waals surface area contributed by atoms with Crippen LogP contribution in [0.3, 0.4) is 0 Å². The van der Waals surface area contributed by atoms with Crippen LogP contribution in [0.2, 0.25) is 0 Å². The number of alkyl carbamates (subject to hydrolysis) is 2. The molecule has 7 rings (SSSR count). The molecule has 0 radical (unpaired) electrons. The minimum absolute atomic E-state index is 0.128. The van der Waals surface area contributed by atoms with E-state index >= 15 is 0 Å². The van der Waals surface area contributed by atoms with Gasteiger partial charge in [0.15, 0.2) is 0 Å². The first-order valence-corrected chi connectivity index (χ1v) is 19.2. The number of rotatable bonds is 12. The Morgan fingerprint density at radius 1 is 0.891 bits per heavy atom. The second kappa shape index (κ2) is 16.2. The van der Waals surface area contributed by atoms with Crippen molar-refractivity contribution in [2.75, 3.05) is 40.4 Å². The molecular weight excluding hydrogens is 721 g/mol. The van der Waals surface area contributed by atoms with Gasteiger partial charge < -0.3 is 39.9 Å². The molecule has 4 amide bonds. The number of methoxy groups -OCH3 is 2. The lowest BCUT2D eigenvalue weighted by atomic mass is 9.97. The van der Waals surface area contributed by atoms with Gasteiger partial charge in [-0.3, -0.25) is 9.59 Å². The van der Waals surface area contributed by atoms with Crippen LogP contribution in [-0.2, 0) is 25.6 Å². The second-order valence-electron chi connectivity index (χ2n) is 13.6. The molecule has 1 aliphatic heterocycles. The zero-order valence-electron chi connectivity index (χ0n) is 31.2. The van der Waals surface area contributed by atoms with E-state index in [0.717, 1.165) is 63.2 Å². The molecule has 2 atom stereocenters. The van der Waals surface area contributed by atoms with Crippen LogP contribution in [-0.4, -0.2) is 94.1 Å². The molecule has 6 aromatic rings. The second-order valence-corrected chi connectivity index (χ2v) is 14.7. The highest BCUT2D eigenvalue weighted by molar-refractivity contribution is 7.25. The van der Waals surface area contributed by atoms with E-state index in [9.17, 15) is 19.2 Å². The number of aromatic nitrogens is 4. The summed E-state index contributed by atoms with van der Waals surface area (Å²) >= 11 is 1.73. The summed E-state index contributed by atoms with van der Waals surface area (Å²) in [5.41, 5.74) is 5.71. The molecule has 15 heteroatoms. The number of benzene rings is 3. The van der Waals surface area contributed by atoms with E-state index in [1.165, 1.54) is 29.7 Å². The quantitative estimate of drug-likeness (QED) is 0.106. The molecule has 286 valence electrons. The number of likely N-dealkylation sites (tertiary alicyclic amines) is 1. The summed E-state index contributed by atoms with van der Waals surface area (Å²) in [7, 11) is 2.54. The summed E-state index contributed by atoms with van der Waals surface area (Å²) in [6, 6.07) is 18.9. The number of nitrogens with one attached hydrogen (secondary N) is 4. The number of H-pyrrole nitrogens is 2. The fraction of sp³-hybridized carbons (Fsp3) is 0.350. The molecule has 4 N–H and O–H groups in total. The van der Waals surface area contributed by atoms with Crippen molar-refractivity contribution >= 4 is 66.5 Å². The van der Waals surface area contributed by atoms with Crippen molar-refractivity contribution < 1.29 is 28.7 Å². The van der Waals surface area contributed by atoms with E-state index in [1.54, 1.807) is 22.4 Å². The van der Waals surface area contributed by atoms with Crippen LogP contribution in [0.4, 0.5) is 9.59 Å². The largest absolute Gasteiger partial charge is 0.453 e. The summed E-state index contributed by atoms with van der Waals surface area (Å²) in [6.45, 7) is 5.27. The predicted octanol–water partition coefficient (Wildman–Crippen LogP) is 6.74. The Bertz CT molecular complexity index is 2380. The molecule has 3 aromatic carbocycles. The molecule has 14 nitrogen and oxygen atoms in total. The van der Waals surface area contributed by atoms with Gasteiger partial charge in [0.25, 0.3) is 0 Å². The first-order valence-electron chi connectivity index (χ1n) is 18.4. The lowest BCUT2D eigenvalue weighted by Gasteiger charge is -2.26. The average Bonchev–Trinajstić information content (AvgIpc) is 4.02. The van der Waals surface area contributed by atoms with Gasteiger partial charge in [0, 0.05) is 38.8 Å². The Balaban J connectivity index is 1.10. The molecular formula is C40H44N8O6S. The summed E-state index contributed by atoms with van der Waals surface area (Å²) in [5.74, 6) is 1.28. The van der Waals surface area contributed by atoms with Gasteiger partial charge in [0.1, 0.15) is 24.7 Å². The highest BCUT2D eigenvalue weighted by Crippen LogP contribution is 2.40. The third-order valence-corrected chi connectivity index (χ3v) is 11.3. The third kappa shape index (κ3) is 7.83. The van der Waals surface area contributed by atoms with Crippen LogP contribution in [0, 0.1) is 5.92 Å². The molecule has 55 heavy (non-hydrogen) atoms. The van der Waals surface area contributed by atoms with Crippen molar-refractivity contribution in [3.8, 4) is 22.4 Å². The average molecular weight is 765 g/mol. The van der Waals surface area contributed by atoms with Crippen LogP contribution < -0.4 is 10.6 Å². The topological polar surface area (TPSA) is 175 Å². The first kappa shape index (κ1) is 37.4. The molecule has 0 bridgehead atoms. The lowest BCUT2D eigenvalue weighted by molar-refractivity contribution is -0.132. The molecule has 0 spiro atoms. The Labute approximate surface area is 321 Å². The van der Waals surface area contributed by atoms with Crippen LogP contribution in [0.15, 0.2) is 60.8 Å².